The summed E-state index contributed by atoms with van der Waals surface area (Å²) in [7, 11) is 1.44. The number of esters is 1. The molecule has 0 aliphatic heterocycles. The van der Waals surface area contributed by atoms with Gasteiger partial charge < -0.3 is 4.74 Å². The fourth-order valence-corrected chi connectivity index (χ4v) is 2.68. The molecule has 1 aliphatic carbocycles. The highest BCUT2D eigenvalue weighted by Crippen LogP contribution is 2.37. The molecule has 0 radical (unpaired) electrons. The monoisotopic (exact) mass is 244 g/mol. The van der Waals surface area contributed by atoms with Gasteiger partial charge in [-0.05, 0) is 41.0 Å². The van der Waals surface area contributed by atoms with Gasteiger partial charge in [0, 0.05) is 0 Å². The first-order chi connectivity index (χ1) is 8.54. The summed E-state index contributed by atoms with van der Waals surface area (Å²) in [5.41, 5.74) is 5.12. The van der Waals surface area contributed by atoms with Crippen molar-refractivity contribution in [2.24, 2.45) is 11.8 Å². The quantitative estimate of drug-likeness (QED) is 0.763. The zero-order chi connectivity index (χ0) is 13.3. The third-order valence-electron chi connectivity index (χ3n) is 3.85. The second kappa shape index (κ2) is 4.97. The molecule has 96 valence electrons. The smallest absolute Gasteiger partial charge is 0.308 e. The van der Waals surface area contributed by atoms with Gasteiger partial charge in [0.05, 0.1) is 13.0 Å². The predicted octanol–water partition coefficient (Wildman–Crippen LogP) is 3.24. The van der Waals surface area contributed by atoms with Crippen LogP contribution in [0.2, 0.25) is 0 Å². The van der Waals surface area contributed by atoms with Crippen LogP contribution >= 0.6 is 0 Å². The maximum absolute atomic E-state index is 11.5. The van der Waals surface area contributed by atoms with E-state index in [2.05, 4.69) is 31.7 Å². The van der Waals surface area contributed by atoms with Gasteiger partial charge in [-0.15, -0.1) is 0 Å². The topological polar surface area (TPSA) is 26.3 Å². The third-order valence-corrected chi connectivity index (χ3v) is 3.85. The number of carbonyl (C=O) groups is 1. The summed E-state index contributed by atoms with van der Waals surface area (Å²) in [6.07, 6.45) is 1.79. The van der Waals surface area contributed by atoms with Crippen LogP contribution in [0, 0.1) is 11.8 Å². The summed E-state index contributed by atoms with van der Waals surface area (Å²) in [6, 6.07) is 6.30. The van der Waals surface area contributed by atoms with Crippen molar-refractivity contribution >= 4 is 11.5 Å². The summed E-state index contributed by atoms with van der Waals surface area (Å²) in [6.45, 7) is 8.28. The first-order valence-electron chi connectivity index (χ1n) is 6.42. The van der Waals surface area contributed by atoms with Crippen molar-refractivity contribution in [3.63, 3.8) is 0 Å². The molecule has 0 spiro atoms. The average molecular weight is 244 g/mol. The Hall–Kier alpha value is -1.57. The highest BCUT2D eigenvalue weighted by molar-refractivity contribution is 5.75. The van der Waals surface area contributed by atoms with Gasteiger partial charge in [0.1, 0.15) is 0 Å². The second-order valence-corrected chi connectivity index (χ2v) is 5.20. The summed E-state index contributed by atoms with van der Waals surface area (Å²) in [4.78, 5) is 11.5. The molecule has 0 N–H and O–H groups in total. The molecule has 0 aromatic heterocycles. The maximum atomic E-state index is 11.5. The minimum absolute atomic E-state index is 0.0920. The highest BCUT2D eigenvalue weighted by Gasteiger charge is 2.25. The molecule has 2 unspecified atom stereocenters. The Balaban J connectivity index is 2.27. The van der Waals surface area contributed by atoms with Crippen molar-refractivity contribution in [1.82, 2.24) is 0 Å². The number of allylic oxidation sites excluding steroid dienone is 1. The Labute approximate surface area is 109 Å². The molecule has 0 amide bonds. The van der Waals surface area contributed by atoms with E-state index in [0.29, 0.717) is 5.92 Å². The minimum atomic E-state index is -0.141. The lowest BCUT2D eigenvalue weighted by Gasteiger charge is -2.12. The molecular weight excluding hydrogens is 224 g/mol. The van der Waals surface area contributed by atoms with Gasteiger partial charge in [-0.3, -0.25) is 4.79 Å². The number of fused-ring (bicyclic) bond motifs is 1. The molecule has 0 heterocycles. The lowest BCUT2D eigenvalue weighted by atomic mass is 9.94. The van der Waals surface area contributed by atoms with E-state index >= 15 is 0 Å². The molecule has 0 fully saturated rings. The van der Waals surface area contributed by atoms with Gasteiger partial charge in [0.25, 0.3) is 0 Å². The van der Waals surface area contributed by atoms with Crippen molar-refractivity contribution in [1.29, 1.82) is 0 Å². The van der Waals surface area contributed by atoms with Crippen molar-refractivity contribution < 1.29 is 9.53 Å². The number of methoxy groups -OCH3 is 1. The van der Waals surface area contributed by atoms with Crippen molar-refractivity contribution in [2.75, 3.05) is 7.11 Å². The lowest BCUT2D eigenvalue weighted by molar-refractivity contribution is -0.144. The van der Waals surface area contributed by atoms with Gasteiger partial charge in [0.15, 0.2) is 0 Å². The van der Waals surface area contributed by atoms with Gasteiger partial charge in [0.2, 0.25) is 0 Å². The molecule has 2 nitrogen and oxygen atoms in total. The Kier molecular flexibility index (Phi) is 3.55. The summed E-state index contributed by atoms with van der Waals surface area (Å²) in [5, 5.41) is 0. The van der Waals surface area contributed by atoms with Crippen LogP contribution in [-0.4, -0.2) is 13.1 Å². The Morgan fingerprint density at radius 3 is 2.94 bits per heavy atom. The maximum Gasteiger partial charge on any atom is 0.308 e. The van der Waals surface area contributed by atoms with Gasteiger partial charge in [-0.2, -0.15) is 0 Å². The van der Waals surface area contributed by atoms with Crippen molar-refractivity contribution in [3.8, 4) is 0 Å². The SMILES string of the molecule is C=C1c2cccc(CC(C)C(=O)OC)c2CC1C. The number of carbonyl (C=O) groups excluding carboxylic acids is 1. The molecule has 1 aliphatic rings. The molecule has 1 aromatic carbocycles. The second-order valence-electron chi connectivity index (χ2n) is 5.20. The van der Waals surface area contributed by atoms with Crippen LogP contribution < -0.4 is 0 Å². The standard InChI is InChI=1S/C16H20O2/c1-10-9-15-13(8-11(2)16(17)18-4)6-5-7-14(15)12(10)3/h5-7,10-11H,3,8-9H2,1-2,4H3. The number of hydrogen-bond acceptors (Lipinski definition) is 2. The van der Waals surface area contributed by atoms with Crippen LogP contribution in [0.5, 0.6) is 0 Å². The van der Waals surface area contributed by atoms with Gasteiger partial charge in [-0.1, -0.05) is 38.6 Å². The van der Waals surface area contributed by atoms with E-state index < -0.39 is 0 Å². The van der Waals surface area contributed by atoms with Crippen LogP contribution in [0.4, 0.5) is 0 Å². The molecule has 0 saturated heterocycles. The number of rotatable bonds is 3. The summed E-state index contributed by atoms with van der Waals surface area (Å²) >= 11 is 0. The fourth-order valence-electron chi connectivity index (χ4n) is 2.68. The molecule has 1 aromatic rings. The van der Waals surface area contributed by atoms with E-state index in [0.717, 1.165) is 12.8 Å². The zero-order valence-electron chi connectivity index (χ0n) is 11.3. The van der Waals surface area contributed by atoms with Crippen LogP contribution in [0.1, 0.15) is 30.5 Å². The number of hydrogen-bond donors (Lipinski definition) is 0. The van der Waals surface area contributed by atoms with E-state index in [4.69, 9.17) is 4.74 Å². The van der Waals surface area contributed by atoms with E-state index in [1.54, 1.807) is 0 Å². The molecular formula is C16H20O2. The first-order valence-corrected chi connectivity index (χ1v) is 6.42. The lowest BCUT2D eigenvalue weighted by Crippen LogP contribution is -2.16. The van der Waals surface area contributed by atoms with Crippen molar-refractivity contribution in [2.45, 2.75) is 26.7 Å². The van der Waals surface area contributed by atoms with E-state index in [-0.39, 0.29) is 11.9 Å². The predicted molar refractivity (Wildman–Crippen MR) is 73.2 cm³/mol. The average Bonchev–Trinajstić information content (AvgIpc) is 2.66. The Morgan fingerprint density at radius 1 is 1.56 bits per heavy atom. The Morgan fingerprint density at radius 2 is 2.28 bits per heavy atom. The number of ether oxygens (including phenoxy) is 1. The molecule has 0 saturated carbocycles. The normalized spacial score (nSPS) is 19.5. The highest BCUT2D eigenvalue weighted by atomic mass is 16.5. The molecule has 2 rings (SSSR count). The van der Waals surface area contributed by atoms with Crippen LogP contribution in [0.3, 0.4) is 0 Å². The molecule has 18 heavy (non-hydrogen) atoms. The summed E-state index contributed by atoms with van der Waals surface area (Å²) in [5.74, 6) is 0.276. The van der Waals surface area contributed by atoms with Crippen LogP contribution in [0.25, 0.3) is 5.57 Å². The van der Waals surface area contributed by atoms with Crippen LogP contribution in [0.15, 0.2) is 24.8 Å². The van der Waals surface area contributed by atoms with E-state index in [9.17, 15) is 4.79 Å². The van der Waals surface area contributed by atoms with Crippen LogP contribution in [-0.2, 0) is 22.4 Å². The third kappa shape index (κ3) is 2.20. The largest absolute Gasteiger partial charge is 0.469 e. The van der Waals surface area contributed by atoms with Gasteiger partial charge >= 0.3 is 5.97 Å². The zero-order valence-corrected chi connectivity index (χ0v) is 11.3. The van der Waals surface area contributed by atoms with Crippen molar-refractivity contribution in [3.05, 3.63) is 41.5 Å². The first kappa shape index (κ1) is 12.9. The Bertz CT molecular complexity index is 488. The molecule has 0 bridgehead atoms. The molecule has 2 heteroatoms. The fraction of sp³-hybridized carbons (Fsp3) is 0.438. The van der Waals surface area contributed by atoms with Gasteiger partial charge in [-0.25, -0.2) is 0 Å². The van der Waals surface area contributed by atoms with E-state index in [1.807, 2.05) is 6.92 Å². The summed E-state index contributed by atoms with van der Waals surface area (Å²) < 4.78 is 4.79. The molecule has 2 atom stereocenters. The number of benzene rings is 1. The minimum Gasteiger partial charge on any atom is -0.469 e. The van der Waals surface area contributed by atoms with E-state index in [1.165, 1.54) is 29.4 Å².